The highest BCUT2D eigenvalue weighted by Crippen LogP contribution is 2.24. The Kier molecular flexibility index (Phi) is 56.8. The molecule has 464 valence electrons. The molecule has 0 saturated carbocycles. The number of aliphatic hydroxyl groups excluding tert-OH is 5. The summed E-state index contributed by atoms with van der Waals surface area (Å²) in [5.74, 6) is -0.167. The van der Waals surface area contributed by atoms with Crippen molar-refractivity contribution in [3.8, 4) is 0 Å². The number of carbonyl (C=O) groups excluding carboxylic acids is 1. The summed E-state index contributed by atoms with van der Waals surface area (Å²) < 4.78 is 11.3. The molecule has 0 aromatic rings. The van der Waals surface area contributed by atoms with Gasteiger partial charge in [0.1, 0.15) is 24.4 Å². The van der Waals surface area contributed by atoms with Crippen LogP contribution in [-0.2, 0) is 14.3 Å². The number of aliphatic hydroxyl groups is 5. The van der Waals surface area contributed by atoms with Crippen molar-refractivity contribution in [2.75, 3.05) is 13.2 Å². The Balaban J connectivity index is 2.12. The Morgan fingerprint density at radius 3 is 1.00 bits per heavy atom. The molecule has 6 N–H and O–H groups in total. The highest BCUT2D eigenvalue weighted by molar-refractivity contribution is 5.76. The van der Waals surface area contributed by atoms with Gasteiger partial charge in [0, 0.05) is 6.42 Å². The molecule has 0 aliphatic carbocycles. The molecule has 1 heterocycles. The number of hydrogen-bond acceptors (Lipinski definition) is 8. The summed E-state index contributed by atoms with van der Waals surface area (Å²) in [7, 11) is 0. The van der Waals surface area contributed by atoms with Crippen molar-refractivity contribution in [2.45, 2.75) is 410 Å². The van der Waals surface area contributed by atoms with Gasteiger partial charge < -0.3 is 40.3 Å². The Bertz CT molecular complexity index is 1240. The molecule has 78 heavy (non-hydrogen) atoms. The van der Waals surface area contributed by atoms with Crippen LogP contribution in [0.5, 0.6) is 0 Å². The average molecular weight is 1110 g/mol. The third-order valence-corrected chi connectivity index (χ3v) is 17.1. The molecule has 0 spiro atoms. The summed E-state index contributed by atoms with van der Waals surface area (Å²) >= 11 is 0. The lowest BCUT2D eigenvalue weighted by Gasteiger charge is -2.40. The number of hydrogen-bond donors (Lipinski definition) is 6. The molecule has 1 saturated heterocycles. The fourth-order valence-electron chi connectivity index (χ4n) is 11.6. The number of carbonyl (C=O) groups is 1. The van der Waals surface area contributed by atoms with Gasteiger partial charge in [-0.3, -0.25) is 4.79 Å². The zero-order valence-corrected chi connectivity index (χ0v) is 52.0. The lowest BCUT2D eigenvalue weighted by atomic mass is 9.99. The molecule has 0 bridgehead atoms. The van der Waals surface area contributed by atoms with Gasteiger partial charge in [-0.2, -0.15) is 0 Å². The molecular formula is C69H135NO8. The quantitative estimate of drug-likeness (QED) is 0.0261. The van der Waals surface area contributed by atoms with Gasteiger partial charge in [-0.05, 0) is 19.3 Å². The van der Waals surface area contributed by atoms with Gasteiger partial charge in [-0.15, -0.1) is 0 Å². The lowest BCUT2D eigenvalue weighted by molar-refractivity contribution is -0.302. The Hall–Kier alpha value is -1.07. The molecular weight excluding hydrogens is 971 g/mol. The van der Waals surface area contributed by atoms with Gasteiger partial charge in [0.25, 0.3) is 0 Å². The van der Waals surface area contributed by atoms with E-state index in [1.807, 2.05) is 6.08 Å². The van der Waals surface area contributed by atoms with Crippen molar-refractivity contribution in [2.24, 2.45) is 0 Å². The summed E-state index contributed by atoms with van der Waals surface area (Å²) in [6.07, 6.45) is 68.9. The van der Waals surface area contributed by atoms with Gasteiger partial charge in [0.15, 0.2) is 6.29 Å². The van der Waals surface area contributed by atoms with Crippen LogP contribution in [0.25, 0.3) is 0 Å². The second-order valence-electron chi connectivity index (χ2n) is 24.7. The van der Waals surface area contributed by atoms with Gasteiger partial charge in [-0.1, -0.05) is 353 Å². The second-order valence-corrected chi connectivity index (χ2v) is 24.7. The standard InChI is InChI=1S/C69H135NO8/c1-3-5-7-9-11-13-15-17-19-21-23-25-27-29-31-33-34-36-38-40-42-44-46-48-50-52-54-56-58-63(72)62(61-77-69-68(76)67(75)66(74)64(60-71)78-69)70-65(73)59-57-55-53-51-49-47-45-43-41-39-37-35-32-30-28-26-24-22-20-18-16-14-12-10-8-6-4-2/h56,58,62-64,66-69,71-72,74-76H,3-55,57,59-61H2,1-2H3,(H,70,73)/b58-56+. The monoisotopic (exact) mass is 1110 g/mol. The van der Waals surface area contributed by atoms with Gasteiger partial charge in [-0.25, -0.2) is 0 Å². The molecule has 1 aliphatic rings. The number of nitrogens with one attached hydrogen (secondary N) is 1. The van der Waals surface area contributed by atoms with E-state index in [0.29, 0.717) is 6.42 Å². The SMILES string of the molecule is CCCCCCCCCCCCCCCCCCCCCCCCCCCC/C=C/C(O)C(COC1OC(CO)C(O)C(O)C1O)NC(=O)CCCCCCCCCCCCCCCCCCCCCCCCCCCCC. The summed E-state index contributed by atoms with van der Waals surface area (Å²) in [5, 5.41) is 54.8. The van der Waals surface area contributed by atoms with Crippen LogP contribution in [0.2, 0.25) is 0 Å². The van der Waals surface area contributed by atoms with Crippen LogP contribution in [0.1, 0.15) is 367 Å². The van der Waals surface area contributed by atoms with Crippen molar-refractivity contribution in [1.82, 2.24) is 5.32 Å². The molecule has 1 fully saturated rings. The van der Waals surface area contributed by atoms with E-state index in [1.165, 1.54) is 308 Å². The predicted molar refractivity (Wildman–Crippen MR) is 332 cm³/mol. The minimum Gasteiger partial charge on any atom is -0.394 e. The highest BCUT2D eigenvalue weighted by atomic mass is 16.7. The molecule has 9 nitrogen and oxygen atoms in total. The molecule has 1 amide bonds. The van der Waals surface area contributed by atoms with Crippen LogP contribution in [-0.4, -0.2) is 87.5 Å². The highest BCUT2D eigenvalue weighted by Gasteiger charge is 2.44. The van der Waals surface area contributed by atoms with Crippen LogP contribution >= 0.6 is 0 Å². The Morgan fingerprint density at radius 1 is 0.423 bits per heavy atom. The molecule has 0 radical (unpaired) electrons. The molecule has 7 unspecified atom stereocenters. The van der Waals surface area contributed by atoms with Crippen molar-refractivity contribution in [3.63, 3.8) is 0 Å². The van der Waals surface area contributed by atoms with E-state index in [9.17, 15) is 30.3 Å². The average Bonchev–Trinajstić information content (AvgIpc) is 3.45. The minimum absolute atomic E-state index is 0.167. The lowest BCUT2D eigenvalue weighted by Crippen LogP contribution is -2.60. The fourth-order valence-corrected chi connectivity index (χ4v) is 11.6. The second kappa shape index (κ2) is 59.1. The number of ether oxygens (including phenoxy) is 2. The van der Waals surface area contributed by atoms with Crippen LogP contribution in [0.15, 0.2) is 12.2 Å². The van der Waals surface area contributed by atoms with E-state index < -0.39 is 49.5 Å². The van der Waals surface area contributed by atoms with E-state index >= 15 is 0 Å². The van der Waals surface area contributed by atoms with Gasteiger partial charge in [0.05, 0.1) is 25.4 Å². The summed E-state index contributed by atoms with van der Waals surface area (Å²) in [6.45, 7) is 3.85. The first-order valence-electron chi connectivity index (χ1n) is 34.9. The van der Waals surface area contributed by atoms with Gasteiger partial charge >= 0.3 is 0 Å². The predicted octanol–water partition coefficient (Wildman–Crippen LogP) is 18.7. The molecule has 0 aromatic carbocycles. The van der Waals surface area contributed by atoms with Crippen molar-refractivity contribution in [1.29, 1.82) is 0 Å². The molecule has 0 aromatic heterocycles. The van der Waals surface area contributed by atoms with E-state index in [1.54, 1.807) is 6.08 Å². The first kappa shape index (κ1) is 74.9. The largest absolute Gasteiger partial charge is 0.394 e. The summed E-state index contributed by atoms with van der Waals surface area (Å²) in [6, 6.07) is -0.802. The maximum absolute atomic E-state index is 13.1. The van der Waals surface area contributed by atoms with E-state index in [2.05, 4.69) is 19.2 Å². The smallest absolute Gasteiger partial charge is 0.220 e. The first-order chi connectivity index (χ1) is 38.3. The third kappa shape index (κ3) is 47.4. The van der Waals surface area contributed by atoms with Gasteiger partial charge in [0.2, 0.25) is 5.91 Å². The molecule has 1 aliphatic heterocycles. The summed E-state index contributed by atoms with van der Waals surface area (Å²) in [4.78, 5) is 13.1. The zero-order valence-electron chi connectivity index (χ0n) is 52.0. The minimum atomic E-state index is -1.56. The van der Waals surface area contributed by atoms with Crippen molar-refractivity contribution in [3.05, 3.63) is 12.2 Å². The third-order valence-electron chi connectivity index (χ3n) is 17.1. The Labute approximate surface area is 484 Å². The topological polar surface area (TPSA) is 149 Å². The van der Waals surface area contributed by atoms with E-state index in [0.717, 1.165) is 38.5 Å². The van der Waals surface area contributed by atoms with E-state index in [4.69, 9.17) is 9.47 Å². The zero-order chi connectivity index (χ0) is 56.5. The fraction of sp³-hybridized carbons (Fsp3) is 0.957. The van der Waals surface area contributed by atoms with Crippen LogP contribution in [0.4, 0.5) is 0 Å². The number of allylic oxidation sites excluding steroid dienone is 1. The first-order valence-corrected chi connectivity index (χ1v) is 34.9. The van der Waals surface area contributed by atoms with Crippen molar-refractivity contribution >= 4 is 5.91 Å². The molecule has 7 atom stereocenters. The maximum atomic E-state index is 13.1. The number of rotatable bonds is 62. The molecule has 9 heteroatoms. The van der Waals surface area contributed by atoms with E-state index in [-0.39, 0.29) is 12.5 Å². The van der Waals surface area contributed by atoms with Crippen LogP contribution < -0.4 is 5.32 Å². The Morgan fingerprint density at radius 2 is 0.705 bits per heavy atom. The summed E-state index contributed by atoms with van der Waals surface area (Å²) in [5.41, 5.74) is 0. The van der Waals surface area contributed by atoms with Crippen LogP contribution in [0, 0.1) is 0 Å². The maximum Gasteiger partial charge on any atom is 0.220 e. The number of unbranched alkanes of at least 4 members (excludes halogenated alkanes) is 52. The van der Waals surface area contributed by atoms with Crippen molar-refractivity contribution < 1.29 is 39.8 Å². The number of amides is 1. The molecule has 1 rings (SSSR count). The normalized spacial score (nSPS) is 18.6. The van der Waals surface area contributed by atoms with Crippen LogP contribution in [0.3, 0.4) is 0 Å².